The second-order valence-electron chi connectivity index (χ2n) is 6.06. The standard InChI is InChI=1S/C19H18FN7O/c20-15-4-2-1-3-13(15)12-27-18(16-5-8-28-26-16)9-17(25-27)19-23-10-14(11-24-19)22-7-6-21/h1-5,8-11,22H,6-7,12,21H2. The van der Waals surface area contributed by atoms with Gasteiger partial charge in [0.2, 0.25) is 0 Å². The van der Waals surface area contributed by atoms with Gasteiger partial charge in [-0.15, -0.1) is 0 Å². The fourth-order valence-corrected chi connectivity index (χ4v) is 2.75. The molecule has 0 aliphatic carbocycles. The average Bonchev–Trinajstić information content (AvgIpc) is 3.38. The molecule has 1 aromatic carbocycles. The van der Waals surface area contributed by atoms with Gasteiger partial charge in [-0.2, -0.15) is 5.10 Å². The summed E-state index contributed by atoms with van der Waals surface area (Å²) < 4.78 is 20.7. The van der Waals surface area contributed by atoms with Crippen molar-refractivity contribution in [3.05, 3.63) is 66.4 Å². The molecule has 0 aliphatic heterocycles. The van der Waals surface area contributed by atoms with Crippen LogP contribution in [0.3, 0.4) is 0 Å². The van der Waals surface area contributed by atoms with Crippen LogP contribution in [0.4, 0.5) is 10.1 Å². The molecule has 3 N–H and O–H groups in total. The van der Waals surface area contributed by atoms with E-state index in [4.69, 9.17) is 10.3 Å². The van der Waals surface area contributed by atoms with Crippen molar-refractivity contribution in [1.82, 2.24) is 24.9 Å². The first-order chi connectivity index (χ1) is 13.7. The lowest BCUT2D eigenvalue weighted by atomic mass is 10.2. The van der Waals surface area contributed by atoms with Gasteiger partial charge in [0.25, 0.3) is 0 Å². The zero-order valence-electron chi connectivity index (χ0n) is 14.9. The minimum atomic E-state index is -0.294. The van der Waals surface area contributed by atoms with Gasteiger partial charge in [-0.1, -0.05) is 23.4 Å². The minimum Gasteiger partial charge on any atom is -0.381 e. The molecule has 0 bridgehead atoms. The SMILES string of the molecule is NCCNc1cnc(-c2cc(-c3ccon3)n(Cc3ccccc3F)n2)nc1. The first-order valence-electron chi connectivity index (χ1n) is 8.73. The summed E-state index contributed by atoms with van der Waals surface area (Å²) in [5.74, 6) is 0.160. The molecular formula is C19H18FN7O. The first kappa shape index (κ1) is 17.8. The molecule has 28 heavy (non-hydrogen) atoms. The smallest absolute Gasteiger partial charge is 0.180 e. The van der Waals surface area contributed by atoms with Gasteiger partial charge in [-0.3, -0.25) is 4.68 Å². The number of nitrogens with one attached hydrogen (secondary N) is 1. The van der Waals surface area contributed by atoms with Crippen LogP contribution in [0, 0.1) is 5.82 Å². The zero-order chi connectivity index (χ0) is 19.3. The van der Waals surface area contributed by atoms with Crippen LogP contribution in [-0.4, -0.2) is 38.0 Å². The van der Waals surface area contributed by atoms with E-state index in [1.807, 2.05) is 0 Å². The highest BCUT2D eigenvalue weighted by Crippen LogP contribution is 2.25. The van der Waals surface area contributed by atoms with Crippen LogP contribution in [0.1, 0.15) is 5.56 Å². The molecule has 0 fully saturated rings. The molecule has 3 heterocycles. The lowest BCUT2D eigenvalue weighted by Gasteiger charge is -2.06. The van der Waals surface area contributed by atoms with Crippen molar-refractivity contribution in [1.29, 1.82) is 0 Å². The normalized spacial score (nSPS) is 10.9. The quantitative estimate of drug-likeness (QED) is 0.508. The maximum atomic E-state index is 14.1. The fourth-order valence-electron chi connectivity index (χ4n) is 2.75. The molecule has 0 aliphatic rings. The Balaban J connectivity index is 1.68. The molecule has 0 unspecified atom stereocenters. The van der Waals surface area contributed by atoms with Gasteiger partial charge in [0.15, 0.2) is 5.82 Å². The molecule has 0 amide bonds. The van der Waals surface area contributed by atoms with Gasteiger partial charge < -0.3 is 15.6 Å². The number of hydrogen-bond acceptors (Lipinski definition) is 7. The summed E-state index contributed by atoms with van der Waals surface area (Å²) in [7, 11) is 0. The number of halogens is 1. The van der Waals surface area contributed by atoms with Gasteiger partial charge in [0.05, 0.1) is 30.3 Å². The summed E-state index contributed by atoms with van der Waals surface area (Å²) in [6.45, 7) is 1.39. The predicted molar refractivity (Wildman–Crippen MR) is 102 cm³/mol. The Morgan fingerprint density at radius 3 is 2.64 bits per heavy atom. The molecule has 0 saturated carbocycles. The summed E-state index contributed by atoms with van der Waals surface area (Å²) in [6.07, 6.45) is 4.82. The van der Waals surface area contributed by atoms with Crippen LogP contribution in [0.25, 0.3) is 22.9 Å². The fraction of sp³-hybridized carbons (Fsp3) is 0.158. The second kappa shape index (κ2) is 7.97. The molecule has 0 radical (unpaired) electrons. The van der Waals surface area contributed by atoms with E-state index >= 15 is 0 Å². The molecule has 0 spiro atoms. The topological polar surface area (TPSA) is 108 Å². The Labute approximate surface area is 160 Å². The van der Waals surface area contributed by atoms with Crippen molar-refractivity contribution in [3.8, 4) is 22.9 Å². The van der Waals surface area contributed by atoms with Crippen LogP contribution >= 0.6 is 0 Å². The minimum absolute atomic E-state index is 0.241. The zero-order valence-corrected chi connectivity index (χ0v) is 14.9. The van der Waals surface area contributed by atoms with Crippen LogP contribution < -0.4 is 11.1 Å². The Bertz CT molecular complexity index is 1040. The number of aromatic nitrogens is 5. The first-order valence-corrected chi connectivity index (χ1v) is 8.73. The maximum absolute atomic E-state index is 14.1. The molecule has 3 aromatic heterocycles. The second-order valence-corrected chi connectivity index (χ2v) is 6.06. The van der Waals surface area contributed by atoms with Crippen LogP contribution in [0.2, 0.25) is 0 Å². The van der Waals surface area contributed by atoms with E-state index < -0.39 is 0 Å². The molecule has 4 aromatic rings. The van der Waals surface area contributed by atoms with Gasteiger partial charge in [-0.25, -0.2) is 14.4 Å². The van der Waals surface area contributed by atoms with Gasteiger partial charge in [0.1, 0.15) is 23.5 Å². The van der Waals surface area contributed by atoms with Crippen molar-refractivity contribution in [3.63, 3.8) is 0 Å². The molecule has 0 atom stereocenters. The summed E-state index contributed by atoms with van der Waals surface area (Å²) in [4.78, 5) is 8.71. The van der Waals surface area contributed by atoms with Crippen LogP contribution in [0.5, 0.6) is 0 Å². The van der Waals surface area contributed by atoms with Gasteiger partial charge in [-0.05, 0) is 12.1 Å². The van der Waals surface area contributed by atoms with Crippen molar-refractivity contribution in [2.24, 2.45) is 5.73 Å². The number of rotatable bonds is 7. The number of benzene rings is 1. The lowest BCUT2D eigenvalue weighted by molar-refractivity contribution is 0.421. The molecule has 9 heteroatoms. The third-order valence-electron chi connectivity index (χ3n) is 4.11. The maximum Gasteiger partial charge on any atom is 0.180 e. The van der Waals surface area contributed by atoms with Gasteiger partial charge in [0, 0.05) is 24.7 Å². The van der Waals surface area contributed by atoms with E-state index in [2.05, 4.69) is 25.5 Å². The van der Waals surface area contributed by atoms with Crippen molar-refractivity contribution < 1.29 is 8.91 Å². The van der Waals surface area contributed by atoms with Crippen molar-refractivity contribution in [2.75, 3.05) is 18.4 Å². The highest BCUT2D eigenvalue weighted by Gasteiger charge is 2.16. The van der Waals surface area contributed by atoms with E-state index in [0.29, 0.717) is 41.6 Å². The van der Waals surface area contributed by atoms with E-state index in [1.165, 1.54) is 12.3 Å². The number of nitrogens with zero attached hydrogens (tertiary/aromatic N) is 5. The van der Waals surface area contributed by atoms with Crippen LogP contribution in [-0.2, 0) is 6.54 Å². The number of nitrogens with two attached hydrogens (primary N) is 1. The van der Waals surface area contributed by atoms with E-state index in [0.717, 1.165) is 5.69 Å². The summed E-state index contributed by atoms with van der Waals surface area (Å²) in [5, 5.41) is 11.7. The van der Waals surface area contributed by atoms with Crippen LogP contribution in [0.15, 0.2) is 59.6 Å². The Morgan fingerprint density at radius 2 is 1.93 bits per heavy atom. The third kappa shape index (κ3) is 3.74. The summed E-state index contributed by atoms with van der Waals surface area (Å²) in [5.41, 5.74) is 8.60. The molecular weight excluding hydrogens is 361 g/mol. The highest BCUT2D eigenvalue weighted by atomic mass is 19.1. The molecule has 4 rings (SSSR count). The number of anilines is 1. The molecule has 142 valence electrons. The van der Waals surface area contributed by atoms with E-state index in [-0.39, 0.29) is 12.4 Å². The van der Waals surface area contributed by atoms with Crippen molar-refractivity contribution >= 4 is 5.69 Å². The van der Waals surface area contributed by atoms with Gasteiger partial charge >= 0.3 is 0 Å². The highest BCUT2D eigenvalue weighted by molar-refractivity contribution is 5.62. The monoisotopic (exact) mass is 379 g/mol. The van der Waals surface area contributed by atoms with Crippen molar-refractivity contribution in [2.45, 2.75) is 6.54 Å². The van der Waals surface area contributed by atoms with E-state index in [9.17, 15) is 4.39 Å². The Hall–Kier alpha value is -3.59. The third-order valence-corrected chi connectivity index (χ3v) is 4.11. The summed E-state index contributed by atoms with van der Waals surface area (Å²) >= 11 is 0. The van der Waals surface area contributed by atoms with E-state index in [1.54, 1.807) is 47.4 Å². The lowest BCUT2D eigenvalue weighted by Crippen LogP contribution is -2.13. The average molecular weight is 379 g/mol. The molecule has 8 nitrogen and oxygen atoms in total. The number of hydrogen-bond donors (Lipinski definition) is 2. The predicted octanol–water partition coefficient (Wildman–Crippen LogP) is 2.55. The Kier molecular flexibility index (Phi) is 5.07. The Morgan fingerprint density at radius 1 is 1.11 bits per heavy atom. The largest absolute Gasteiger partial charge is 0.381 e. The summed E-state index contributed by atoms with van der Waals surface area (Å²) in [6, 6.07) is 10.1. The molecule has 0 saturated heterocycles.